The summed E-state index contributed by atoms with van der Waals surface area (Å²) in [5.41, 5.74) is 2.96. The maximum atomic E-state index is 13.0. The second-order valence-corrected chi connectivity index (χ2v) is 13.1. The van der Waals surface area contributed by atoms with Gasteiger partial charge in [-0.3, -0.25) is 0 Å². The van der Waals surface area contributed by atoms with Crippen LogP contribution in [0.4, 0.5) is 0 Å². The molecule has 0 aliphatic rings. The van der Waals surface area contributed by atoms with Crippen LogP contribution in [0.15, 0.2) is 103 Å². The van der Waals surface area contributed by atoms with Crippen molar-refractivity contribution in [3.05, 3.63) is 114 Å². The van der Waals surface area contributed by atoms with Crippen molar-refractivity contribution >= 4 is 59.0 Å². The van der Waals surface area contributed by atoms with Gasteiger partial charge in [0.2, 0.25) is 0 Å². The highest BCUT2D eigenvalue weighted by Crippen LogP contribution is 2.44. The Morgan fingerprint density at radius 1 is 0.682 bits per heavy atom. The van der Waals surface area contributed by atoms with Crippen LogP contribution in [0, 0.1) is 0 Å². The van der Waals surface area contributed by atoms with Gasteiger partial charge in [0.15, 0.2) is 0 Å². The zero-order chi connectivity index (χ0) is 30.3. The lowest BCUT2D eigenvalue weighted by molar-refractivity contribution is -0.130. The average molecular weight is 599 g/mol. The summed E-state index contributed by atoms with van der Waals surface area (Å²) in [6, 6.07) is 32.3. The summed E-state index contributed by atoms with van der Waals surface area (Å²) >= 11 is 1.89. The number of carbonyl (C=O) groups is 1. The van der Waals surface area contributed by atoms with Gasteiger partial charge in [0, 0.05) is 25.7 Å². The van der Waals surface area contributed by atoms with Gasteiger partial charge in [-0.1, -0.05) is 131 Å². The molecule has 44 heavy (non-hydrogen) atoms. The Balaban J connectivity index is 1.19. The lowest BCUT2D eigenvalue weighted by Gasteiger charge is -2.12. The molecule has 0 amide bonds. The molecular weight excluding hydrogens is 557 g/mol. The summed E-state index contributed by atoms with van der Waals surface area (Å²) in [6.07, 6.45) is 12.3. The molecule has 0 fully saturated rings. The summed E-state index contributed by atoms with van der Waals surface area (Å²) in [7, 11) is 0. The van der Waals surface area contributed by atoms with Crippen LogP contribution in [-0.4, -0.2) is 5.97 Å². The minimum atomic E-state index is -0.301. The van der Waals surface area contributed by atoms with Crippen molar-refractivity contribution in [2.45, 2.75) is 77.6 Å². The molecule has 0 atom stereocenters. The van der Waals surface area contributed by atoms with Crippen molar-refractivity contribution in [3.8, 4) is 5.75 Å². The number of hydrogen-bond donors (Lipinski definition) is 0. The molecule has 0 N–H and O–H groups in total. The Kier molecular flexibility index (Phi) is 9.73. The zero-order valence-electron chi connectivity index (χ0n) is 25.9. The number of esters is 1. The third-order valence-electron chi connectivity index (χ3n) is 8.89. The SMILES string of the molecule is C=C(CCCCCCCCCC)C(=O)Oc1ccccc1CCc1cc2ccccc2c2c1sc1ccc3ccccc3c12. The molecule has 1 heterocycles. The first-order valence-electron chi connectivity index (χ1n) is 16.4. The number of unbranched alkanes of at least 4 members (excludes halogenated alkanes) is 7. The van der Waals surface area contributed by atoms with E-state index in [0.717, 1.165) is 31.2 Å². The van der Waals surface area contributed by atoms with Gasteiger partial charge in [-0.2, -0.15) is 0 Å². The molecule has 1 aromatic heterocycles. The largest absolute Gasteiger partial charge is 0.423 e. The highest BCUT2D eigenvalue weighted by molar-refractivity contribution is 7.26. The molecule has 0 saturated heterocycles. The molecule has 224 valence electrons. The minimum absolute atomic E-state index is 0.301. The van der Waals surface area contributed by atoms with Crippen molar-refractivity contribution in [3.63, 3.8) is 0 Å². The molecule has 6 aromatic rings. The van der Waals surface area contributed by atoms with Crippen LogP contribution >= 0.6 is 11.3 Å². The van der Waals surface area contributed by atoms with Crippen LogP contribution in [0.25, 0.3) is 41.7 Å². The molecule has 5 aromatic carbocycles. The second kappa shape index (κ2) is 14.2. The van der Waals surface area contributed by atoms with Gasteiger partial charge >= 0.3 is 5.97 Å². The summed E-state index contributed by atoms with van der Waals surface area (Å²) in [5.74, 6) is 0.346. The van der Waals surface area contributed by atoms with Crippen molar-refractivity contribution < 1.29 is 9.53 Å². The molecule has 0 radical (unpaired) electrons. The number of rotatable bonds is 14. The number of carbonyl (C=O) groups excluding carboxylic acids is 1. The van der Waals surface area contributed by atoms with Crippen LogP contribution in [-0.2, 0) is 17.6 Å². The van der Waals surface area contributed by atoms with Crippen LogP contribution in [0.5, 0.6) is 5.75 Å². The molecular formula is C41H42O2S. The first-order chi connectivity index (χ1) is 21.6. The third-order valence-corrected chi connectivity index (χ3v) is 10.1. The van der Waals surface area contributed by atoms with Crippen LogP contribution in [0.1, 0.15) is 75.8 Å². The van der Waals surface area contributed by atoms with Crippen molar-refractivity contribution in [2.75, 3.05) is 0 Å². The Labute approximate surface area is 265 Å². The van der Waals surface area contributed by atoms with E-state index in [2.05, 4.69) is 86.3 Å². The predicted molar refractivity (Wildman–Crippen MR) is 190 cm³/mol. The van der Waals surface area contributed by atoms with Crippen molar-refractivity contribution in [1.82, 2.24) is 0 Å². The van der Waals surface area contributed by atoms with E-state index < -0.39 is 0 Å². The third kappa shape index (κ3) is 6.59. The first-order valence-corrected chi connectivity index (χ1v) is 17.2. The van der Waals surface area contributed by atoms with Crippen LogP contribution in [0.3, 0.4) is 0 Å². The fourth-order valence-electron chi connectivity index (χ4n) is 6.47. The number of hydrogen-bond acceptors (Lipinski definition) is 3. The lowest BCUT2D eigenvalue weighted by Crippen LogP contribution is -2.12. The summed E-state index contributed by atoms with van der Waals surface area (Å²) in [4.78, 5) is 13.0. The molecule has 0 unspecified atom stereocenters. The van der Waals surface area contributed by atoms with Gasteiger partial charge in [0.25, 0.3) is 0 Å². The van der Waals surface area contributed by atoms with E-state index in [1.54, 1.807) is 0 Å². The molecule has 3 heteroatoms. The molecule has 0 saturated carbocycles. The van der Waals surface area contributed by atoms with E-state index in [1.165, 1.54) is 85.8 Å². The quantitative estimate of drug-likeness (QED) is 0.0539. The van der Waals surface area contributed by atoms with Gasteiger partial charge in [0.05, 0.1) is 0 Å². The number of ether oxygens (including phenoxy) is 1. The molecule has 0 spiro atoms. The number of aryl methyl sites for hydroxylation is 2. The lowest BCUT2D eigenvalue weighted by atomic mass is 9.95. The van der Waals surface area contributed by atoms with Gasteiger partial charge in [0.1, 0.15) is 5.75 Å². The smallest absolute Gasteiger partial charge is 0.338 e. The zero-order valence-corrected chi connectivity index (χ0v) is 26.7. The standard InChI is InChI=1S/C41H42O2S/c1-3-4-5-6-7-8-9-10-17-29(2)41(42)43-36-23-16-13-19-31(36)24-25-33-28-32-20-12-15-22-35(32)39-38-34-21-14-11-18-30(34)26-27-37(38)44-40(33)39/h11-16,18-23,26-28H,2-10,17,24-25H2,1H3. The van der Waals surface area contributed by atoms with E-state index in [4.69, 9.17) is 4.74 Å². The molecule has 2 nitrogen and oxygen atoms in total. The summed E-state index contributed by atoms with van der Waals surface area (Å²) in [6.45, 7) is 6.31. The van der Waals surface area contributed by atoms with Gasteiger partial charge in [-0.25, -0.2) is 4.79 Å². The Hall–Kier alpha value is -3.95. The Morgan fingerprint density at radius 3 is 2.11 bits per heavy atom. The maximum absolute atomic E-state index is 13.0. The molecule has 0 bridgehead atoms. The van der Waals surface area contributed by atoms with E-state index >= 15 is 0 Å². The molecule has 0 aliphatic carbocycles. The monoisotopic (exact) mass is 598 g/mol. The molecule has 6 rings (SSSR count). The van der Waals surface area contributed by atoms with Crippen molar-refractivity contribution in [1.29, 1.82) is 0 Å². The van der Waals surface area contributed by atoms with Gasteiger partial charge in [-0.05, 0) is 76.6 Å². The highest BCUT2D eigenvalue weighted by Gasteiger charge is 2.17. The van der Waals surface area contributed by atoms with E-state index in [1.807, 2.05) is 29.5 Å². The van der Waals surface area contributed by atoms with Gasteiger partial charge in [-0.15, -0.1) is 11.3 Å². The topological polar surface area (TPSA) is 26.3 Å². The summed E-state index contributed by atoms with van der Waals surface area (Å²) in [5, 5.41) is 7.85. The predicted octanol–water partition coefficient (Wildman–Crippen LogP) is 12.1. The van der Waals surface area contributed by atoms with Crippen molar-refractivity contribution in [2.24, 2.45) is 0 Å². The van der Waals surface area contributed by atoms with E-state index in [0.29, 0.717) is 17.7 Å². The fraction of sp³-hybridized carbons (Fsp3) is 0.293. The highest BCUT2D eigenvalue weighted by atomic mass is 32.1. The minimum Gasteiger partial charge on any atom is -0.423 e. The maximum Gasteiger partial charge on any atom is 0.338 e. The number of thiophene rings is 1. The number of fused-ring (bicyclic) bond motifs is 7. The first kappa shape index (κ1) is 30.1. The summed E-state index contributed by atoms with van der Waals surface area (Å²) < 4.78 is 8.61. The average Bonchev–Trinajstić information content (AvgIpc) is 3.46. The van der Waals surface area contributed by atoms with E-state index in [-0.39, 0.29) is 5.97 Å². The Bertz CT molecular complexity index is 1930. The Morgan fingerprint density at radius 2 is 1.32 bits per heavy atom. The van der Waals surface area contributed by atoms with E-state index in [9.17, 15) is 4.79 Å². The normalized spacial score (nSPS) is 11.6. The van der Waals surface area contributed by atoms with Crippen LogP contribution in [0.2, 0.25) is 0 Å². The fourth-order valence-corrected chi connectivity index (χ4v) is 7.74. The second-order valence-electron chi connectivity index (χ2n) is 12.0. The van der Waals surface area contributed by atoms with Crippen LogP contribution < -0.4 is 4.74 Å². The number of benzene rings is 5. The van der Waals surface area contributed by atoms with Gasteiger partial charge < -0.3 is 4.74 Å². The molecule has 0 aliphatic heterocycles. The number of para-hydroxylation sites is 1.